The van der Waals surface area contributed by atoms with Crippen molar-refractivity contribution in [2.45, 2.75) is 13.8 Å². The molecule has 0 fully saturated rings. The molecule has 0 N–H and O–H groups in total. The van der Waals surface area contributed by atoms with Crippen LogP contribution < -0.4 is 4.90 Å². The molecule has 8 heteroatoms. The predicted molar refractivity (Wildman–Crippen MR) is 91.5 cm³/mol. The Kier molecular flexibility index (Phi) is 6.35. The van der Waals surface area contributed by atoms with Gasteiger partial charge in [-0.1, -0.05) is 12.1 Å². The van der Waals surface area contributed by atoms with Crippen LogP contribution in [0.1, 0.15) is 22.8 Å². The fourth-order valence-corrected chi connectivity index (χ4v) is 2.71. The molecule has 0 aromatic heterocycles. The molecule has 0 bridgehead atoms. The molecule has 8 nitrogen and oxygen atoms in total. The topological polar surface area (TPSA) is 91.4 Å². The van der Waals surface area contributed by atoms with Crippen molar-refractivity contribution < 1.29 is 33.3 Å². The summed E-state index contributed by atoms with van der Waals surface area (Å²) in [5, 5.41) is 0. The molecule has 0 amide bonds. The second kappa shape index (κ2) is 8.48. The lowest BCUT2D eigenvalue weighted by Gasteiger charge is -2.33. The van der Waals surface area contributed by atoms with Crippen molar-refractivity contribution in [2.75, 3.05) is 39.1 Å². The third-order valence-electron chi connectivity index (χ3n) is 3.84. The first-order chi connectivity index (χ1) is 12.5. The van der Waals surface area contributed by atoms with Crippen LogP contribution in [0.3, 0.4) is 0 Å². The Balaban J connectivity index is 2.67. The summed E-state index contributed by atoms with van der Waals surface area (Å²) in [6.45, 7) is 3.54. The quantitative estimate of drug-likeness (QED) is 0.575. The zero-order valence-electron chi connectivity index (χ0n) is 15.2. The summed E-state index contributed by atoms with van der Waals surface area (Å²) >= 11 is 0. The Bertz CT molecular complexity index is 754. The fourth-order valence-electron chi connectivity index (χ4n) is 2.71. The number of benzene rings is 1. The first kappa shape index (κ1) is 19.5. The van der Waals surface area contributed by atoms with E-state index in [4.69, 9.17) is 18.9 Å². The number of nitrogens with zero attached hydrogens (tertiary/aromatic N) is 1. The summed E-state index contributed by atoms with van der Waals surface area (Å²) in [7, 11) is 2.42. The first-order valence-electron chi connectivity index (χ1n) is 7.98. The van der Waals surface area contributed by atoms with Gasteiger partial charge in [0.25, 0.3) is 0 Å². The van der Waals surface area contributed by atoms with Crippen LogP contribution in [0, 0.1) is 6.92 Å². The molecule has 0 spiro atoms. The van der Waals surface area contributed by atoms with Crippen LogP contribution in [-0.2, 0) is 28.5 Å². The monoisotopic (exact) mass is 363 g/mol. The molecule has 0 saturated heterocycles. The highest BCUT2D eigenvalue weighted by molar-refractivity contribution is 6.05. The van der Waals surface area contributed by atoms with Crippen molar-refractivity contribution in [1.29, 1.82) is 0 Å². The van der Waals surface area contributed by atoms with Crippen LogP contribution in [0.5, 0.6) is 0 Å². The number of hydrogen-bond acceptors (Lipinski definition) is 8. The van der Waals surface area contributed by atoms with Gasteiger partial charge < -0.3 is 23.8 Å². The van der Waals surface area contributed by atoms with Crippen molar-refractivity contribution in [3.63, 3.8) is 0 Å². The number of rotatable bonds is 5. The zero-order valence-corrected chi connectivity index (χ0v) is 15.2. The fraction of sp³-hybridized carbons (Fsp3) is 0.389. The first-order valence-corrected chi connectivity index (χ1v) is 7.98. The number of carbonyl (C=O) groups is 3. The molecule has 0 atom stereocenters. The Morgan fingerprint density at radius 2 is 1.81 bits per heavy atom. The Labute approximate surface area is 151 Å². The second-order valence-electron chi connectivity index (χ2n) is 5.41. The summed E-state index contributed by atoms with van der Waals surface area (Å²) in [5.74, 6) is -1.98. The number of aryl methyl sites for hydroxylation is 1. The molecule has 140 valence electrons. The largest absolute Gasteiger partial charge is 0.466 e. The molecule has 0 radical (unpaired) electrons. The average Bonchev–Trinajstić information content (AvgIpc) is 2.66. The Morgan fingerprint density at radius 1 is 1.12 bits per heavy atom. The van der Waals surface area contributed by atoms with Gasteiger partial charge in [0.15, 0.2) is 0 Å². The average molecular weight is 363 g/mol. The summed E-state index contributed by atoms with van der Waals surface area (Å²) in [5.41, 5.74) is 1.36. The number of esters is 3. The second-order valence-corrected chi connectivity index (χ2v) is 5.41. The van der Waals surface area contributed by atoms with Gasteiger partial charge in [-0.05, 0) is 25.5 Å². The lowest BCUT2D eigenvalue weighted by atomic mass is 10.0. The molecule has 0 aliphatic carbocycles. The number of para-hydroxylation sites is 1. The molecule has 1 aliphatic rings. The Morgan fingerprint density at radius 3 is 2.42 bits per heavy atom. The highest BCUT2D eigenvalue weighted by atomic mass is 16.5. The predicted octanol–water partition coefficient (Wildman–Crippen LogP) is 1.57. The lowest BCUT2D eigenvalue weighted by Crippen LogP contribution is -2.40. The van der Waals surface area contributed by atoms with Crippen LogP contribution in [0.25, 0.3) is 0 Å². The van der Waals surface area contributed by atoms with Crippen molar-refractivity contribution in [3.8, 4) is 0 Å². The highest BCUT2D eigenvalue weighted by Crippen LogP contribution is 2.32. The lowest BCUT2D eigenvalue weighted by molar-refractivity contribution is -0.140. The number of anilines is 1. The van der Waals surface area contributed by atoms with E-state index in [1.54, 1.807) is 32.0 Å². The maximum atomic E-state index is 12.4. The van der Waals surface area contributed by atoms with Gasteiger partial charge in [-0.2, -0.15) is 0 Å². The molecule has 1 heterocycles. The van der Waals surface area contributed by atoms with E-state index in [-0.39, 0.29) is 36.8 Å². The van der Waals surface area contributed by atoms with Crippen LogP contribution in [-0.4, -0.2) is 52.1 Å². The van der Waals surface area contributed by atoms with Gasteiger partial charge in [0.2, 0.25) is 0 Å². The van der Waals surface area contributed by atoms with Crippen molar-refractivity contribution in [2.24, 2.45) is 0 Å². The van der Waals surface area contributed by atoms with E-state index >= 15 is 0 Å². The molecule has 26 heavy (non-hydrogen) atoms. The third-order valence-corrected chi connectivity index (χ3v) is 3.84. The molecule has 1 aromatic rings. The molecule has 0 saturated carbocycles. The van der Waals surface area contributed by atoms with E-state index in [2.05, 4.69) is 0 Å². The number of ether oxygens (including phenoxy) is 4. The summed E-state index contributed by atoms with van der Waals surface area (Å²) < 4.78 is 20.1. The van der Waals surface area contributed by atoms with Crippen molar-refractivity contribution in [3.05, 3.63) is 40.6 Å². The number of hydrogen-bond donors (Lipinski definition) is 0. The number of carbonyl (C=O) groups excluding carboxylic acids is 3. The molecule has 1 aromatic carbocycles. The normalized spacial score (nSPS) is 14.1. The third kappa shape index (κ3) is 3.70. The van der Waals surface area contributed by atoms with Gasteiger partial charge in [-0.25, -0.2) is 14.4 Å². The van der Waals surface area contributed by atoms with Gasteiger partial charge in [0.1, 0.15) is 12.4 Å². The standard InChI is InChI=1S/C18H21NO7/c1-5-26-17(21)12-8-6-7-11(2)14(12)19-10-25-9-13(16(20)23-3)15(19)18(22)24-4/h6-8H,5,9-10H2,1-4H3. The highest BCUT2D eigenvalue weighted by Gasteiger charge is 2.34. The van der Waals surface area contributed by atoms with Gasteiger partial charge >= 0.3 is 17.9 Å². The zero-order chi connectivity index (χ0) is 19.3. The summed E-state index contributed by atoms with van der Waals surface area (Å²) in [6, 6.07) is 5.07. The molecular formula is C18H21NO7. The van der Waals surface area contributed by atoms with Crippen molar-refractivity contribution in [1.82, 2.24) is 0 Å². The Hall–Kier alpha value is -2.87. The molecule has 2 rings (SSSR count). The van der Waals surface area contributed by atoms with E-state index in [0.717, 1.165) is 0 Å². The van der Waals surface area contributed by atoms with E-state index < -0.39 is 17.9 Å². The smallest absolute Gasteiger partial charge is 0.355 e. The van der Waals surface area contributed by atoms with E-state index in [0.29, 0.717) is 11.3 Å². The van der Waals surface area contributed by atoms with Gasteiger partial charge in [-0.3, -0.25) is 0 Å². The maximum Gasteiger partial charge on any atom is 0.355 e. The molecular weight excluding hydrogens is 342 g/mol. The van der Waals surface area contributed by atoms with Gasteiger partial charge in [-0.15, -0.1) is 0 Å². The van der Waals surface area contributed by atoms with Crippen LogP contribution in [0.2, 0.25) is 0 Å². The SMILES string of the molecule is CCOC(=O)c1cccc(C)c1N1COCC(C(=O)OC)=C1C(=O)OC. The summed E-state index contributed by atoms with van der Waals surface area (Å²) in [4.78, 5) is 38.3. The van der Waals surface area contributed by atoms with Crippen molar-refractivity contribution >= 4 is 23.6 Å². The van der Waals surface area contributed by atoms with E-state index in [1.165, 1.54) is 19.1 Å². The minimum atomic E-state index is -0.730. The van der Waals surface area contributed by atoms with E-state index in [9.17, 15) is 14.4 Å². The van der Waals surface area contributed by atoms with Crippen LogP contribution in [0.4, 0.5) is 5.69 Å². The van der Waals surface area contributed by atoms with Gasteiger partial charge in [0, 0.05) is 0 Å². The maximum absolute atomic E-state index is 12.4. The van der Waals surface area contributed by atoms with Crippen LogP contribution >= 0.6 is 0 Å². The molecule has 0 unspecified atom stereocenters. The minimum absolute atomic E-state index is 0.0173. The van der Waals surface area contributed by atoms with E-state index in [1.807, 2.05) is 0 Å². The van der Waals surface area contributed by atoms with Crippen LogP contribution in [0.15, 0.2) is 29.5 Å². The van der Waals surface area contributed by atoms with Gasteiger partial charge in [0.05, 0.1) is 44.3 Å². The molecule has 1 aliphatic heterocycles. The summed E-state index contributed by atoms with van der Waals surface area (Å²) in [6.07, 6.45) is 0. The minimum Gasteiger partial charge on any atom is -0.466 e. The number of methoxy groups -OCH3 is 2.